The molecule has 1 heterocycles. The van der Waals surface area contributed by atoms with Crippen LogP contribution in [-0.4, -0.2) is 22.1 Å². The van der Waals surface area contributed by atoms with Gasteiger partial charge in [-0.3, -0.25) is 0 Å². The molecule has 0 spiro atoms. The van der Waals surface area contributed by atoms with E-state index in [-0.39, 0.29) is 11.7 Å². The van der Waals surface area contributed by atoms with Crippen molar-refractivity contribution in [3.8, 4) is 0 Å². The van der Waals surface area contributed by atoms with Crippen molar-refractivity contribution < 1.29 is 9.53 Å². The van der Waals surface area contributed by atoms with Crippen LogP contribution in [0.2, 0.25) is 0 Å². The maximum Gasteiger partial charge on any atom is 0.360 e. The van der Waals surface area contributed by atoms with Gasteiger partial charge >= 0.3 is 5.97 Å². The Kier molecular flexibility index (Phi) is 4.40. The summed E-state index contributed by atoms with van der Waals surface area (Å²) in [4.78, 5) is 15.7. The van der Waals surface area contributed by atoms with Crippen LogP contribution in [0, 0.1) is 0 Å². The summed E-state index contributed by atoms with van der Waals surface area (Å²) >= 11 is 0. The number of hydrogen-bond donors (Lipinski definition) is 1. The molecule has 5 nitrogen and oxygen atoms in total. The number of nitrogens with two attached hydrogens (primary N) is 1. The zero-order chi connectivity index (χ0) is 14.5. The molecule has 1 unspecified atom stereocenters. The van der Waals surface area contributed by atoms with Gasteiger partial charge in [0.2, 0.25) is 0 Å². The van der Waals surface area contributed by atoms with Crippen LogP contribution in [0.15, 0.2) is 36.7 Å². The predicted octanol–water partition coefficient (Wildman–Crippen LogP) is 2.45. The number of nitrogens with zero attached hydrogens (tertiary/aromatic N) is 2. The fourth-order valence-electron chi connectivity index (χ4n) is 2.13. The number of benzene rings is 1. The Morgan fingerprint density at radius 2 is 2.10 bits per heavy atom. The predicted molar refractivity (Wildman–Crippen MR) is 77.5 cm³/mol. The Labute approximate surface area is 118 Å². The molecule has 2 aromatic rings. The van der Waals surface area contributed by atoms with Crippen LogP contribution in [0.4, 0.5) is 5.82 Å². The van der Waals surface area contributed by atoms with Gasteiger partial charge in [-0.05, 0) is 25.8 Å². The summed E-state index contributed by atoms with van der Waals surface area (Å²) in [5.74, 6) is -0.123. The van der Waals surface area contributed by atoms with Crippen LogP contribution in [-0.2, 0) is 11.2 Å². The SMILES string of the molecule is CCOC(=O)c1ncn(C(C)Cc2ccccc2)c1N. The van der Waals surface area contributed by atoms with Gasteiger partial charge in [0.15, 0.2) is 5.69 Å². The van der Waals surface area contributed by atoms with Crippen molar-refractivity contribution in [2.24, 2.45) is 0 Å². The summed E-state index contributed by atoms with van der Waals surface area (Å²) in [6, 6.07) is 10.2. The highest BCUT2D eigenvalue weighted by molar-refractivity contribution is 5.92. The van der Waals surface area contributed by atoms with Gasteiger partial charge in [-0.2, -0.15) is 0 Å². The third-order valence-corrected chi connectivity index (χ3v) is 3.15. The number of ether oxygens (including phenoxy) is 1. The van der Waals surface area contributed by atoms with Gasteiger partial charge in [0.1, 0.15) is 5.82 Å². The lowest BCUT2D eigenvalue weighted by Gasteiger charge is -2.15. The van der Waals surface area contributed by atoms with E-state index in [1.807, 2.05) is 25.1 Å². The Morgan fingerprint density at radius 3 is 2.75 bits per heavy atom. The van der Waals surface area contributed by atoms with E-state index in [0.717, 1.165) is 6.42 Å². The minimum Gasteiger partial charge on any atom is -0.461 e. The average molecular weight is 273 g/mol. The van der Waals surface area contributed by atoms with Crippen molar-refractivity contribution in [3.63, 3.8) is 0 Å². The molecular formula is C15H19N3O2. The van der Waals surface area contributed by atoms with E-state index in [4.69, 9.17) is 10.5 Å². The number of nitrogen functional groups attached to an aromatic ring is 1. The number of esters is 1. The van der Waals surface area contributed by atoms with E-state index in [1.165, 1.54) is 5.56 Å². The highest BCUT2D eigenvalue weighted by Crippen LogP contribution is 2.20. The summed E-state index contributed by atoms with van der Waals surface area (Å²) in [5, 5.41) is 0. The molecule has 0 fully saturated rings. The van der Waals surface area contributed by atoms with Crippen molar-refractivity contribution >= 4 is 11.8 Å². The number of imidazole rings is 1. The van der Waals surface area contributed by atoms with E-state index in [1.54, 1.807) is 17.8 Å². The van der Waals surface area contributed by atoms with Crippen molar-refractivity contribution in [1.29, 1.82) is 0 Å². The van der Waals surface area contributed by atoms with E-state index in [0.29, 0.717) is 12.4 Å². The fourth-order valence-corrected chi connectivity index (χ4v) is 2.13. The lowest BCUT2D eigenvalue weighted by atomic mass is 10.1. The number of anilines is 1. The van der Waals surface area contributed by atoms with Crippen LogP contribution in [0.3, 0.4) is 0 Å². The molecule has 0 amide bonds. The first-order valence-electron chi connectivity index (χ1n) is 6.66. The molecule has 0 aliphatic heterocycles. The molecular weight excluding hydrogens is 254 g/mol. The van der Waals surface area contributed by atoms with Crippen molar-refractivity contribution in [3.05, 3.63) is 47.9 Å². The van der Waals surface area contributed by atoms with Crippen LogP contribution in [0.25, 0.3) is 0 Å². The summed E-state index contributed by atoms with van der Waals surface area (Å²) in [5.41, 5.74) is 7.39. The van der Waals surface area contributed by atoms with E-state index < -0.39 is 5.97 Å². The molecule has 0 aliphatic carbocycles. The summed E-state index contributed by atoms with van der Waals surface area (Å²) < 4.78 is 6.73. The van der Waals surface area contributed by atoms with Crippen molar-refractivity contribution in [2.75, 3.05) is 12.3 Å². The smallest absolute Gasteiger partial charge is 0.360 e. The summed E-state index contributed by atoms with van der Waals surface area (Å²) in [6.45, 7) is 4.10. The van der Waals surface area contributed by atoms with Crippen LogP contribution in [0.5, 0.6) is 0 Å². The minimum absolute atomic E-state index is 0.119. The maximum atomic E-state index is 11.7. The lowest BCUT2D eigenvalue weighted by molar-refractivity contribution is 0.0521. The molecule has 0 bridgehead atoms. The number of carbonyl (C=O) groups is 1. The molecule has 0 radical (unpaired) electrons. The van der Waals surface area contributed by atoms with Gasteiger partial charge in [-0.15, -0.1) is 0 Å². The van der Waals surface area contributed by atoms with Crippen molar-refractivity contribution in [1.82, 2.24) is 9.55 Å². The Hall–Kier alpha value is -2.30. The Morgan fingerprint density at radius 1 is 1.40 bits per heavy atom. The standard InChI is InChI=1S/C15H19N3O2/c1-3-20-15(19)13-14(16)18(10-17-13)11(2)9-12-7-5-4-6-8-12/h4-8,10-11H,3,9,16H2,1-2H3. The van der Waals surface area contributed by atoms with E-state index in [2.05, 4.69) is 17.1 Å². The molecule has 2 rings (SSSR count). The molecule has 1 aromatic carbocycles. The molecule has 1 aromatic heterocycles. The quantitative estimate of drug-likeness (QED) is 0.849. The van der Waals surface area contributed by atoms with Crippen molar-refractivity contribution in [2.45, 2.75) is 26.3 Å². The molecule has 106 valence electrons. The number of rotatable bonds is 5. The largest absolute Gasteiger partial charge is 0.461 e. The van der Waals surface area contributed by atoms with E-state index >= 15 is 0 Å². The average Bonchev–Trinajstić information content (AvgIpc) is 2.82. The second kappa shape index (κ2) is 6.23. The van der Waals surface area contributed by atoms with Crippen LogP contribution >= 0.6 is 0 Å². The number of carbonyl (C=O) groups excluding carboxylic acids is 1. The van der Waals surface area contributed by atoms with Gasteiger partial charge in [-0.1, -0.05) is 30.3 Å². The minimum atomic E-state index is -0.476. The number of aromatic nitrogens is 2. The third-order valence-electron chi connectivity index (χ3n) is 3.15. The monoisotopic (exact) mass is 273 g/mol. The molecule has 20 heavy (non-hydrogen) atoms. The molecule has 0 saturated carbocycles. The highest BCUT2D eigenvalue weighted by atomic mass is 16.5. The second-order valence-electron chi connectivity index (χ2n) is 4.64. The molecule has 0 saturated heterocycles. The molecule has 0 aliphatic rings. The van der Waals surface area contributed by atoms with Gasteiger partial charge < -0.3 is 15.0 Å². The zero-order valence-corrected chi connectivity index (χ0v) is 11.7. The van der Waals surface area contributed by atoms with Crippen LogP contribution < -0.4 is 5.73 Å². The summed E-state index contributed by atoms with van der Waals surface area (Å²) in [6.07, 6.45) is 2.42. The first-order chi connectivity index (χ1) is 9.63. The molecule has 1 atom stereocenters. The van der Waals surface area contributed by atoms with Gasteiger partial charge in [0, 0.05) is 6.04 Å². The van der Waals surface area contributed by atoms with E-state index in [9.17, 15) is 4.79 Å². The molecule has 5 heteroatoms. The number of hydrogen-bond acceptors (Lipinski definition) is 4. The zero-order valence-electron chi connectivity index (χ0n) is 11.7. The van der Waals surface area contributed by atoms with Gasteiger partial charge in [0.25, 0.3) is 0 Å². The third kappa shape index (κ3) is 2.99. The lowest BCUT2D eigenvalue weighted by Crippen LogP contribution is -2.13. The second-order valence-corrected chi connectivity index (χ2v) is 4.64. The summed E-state index contributed by atoms with van der Waals surface area (Å²) in [7, 11) is 0. The maximum absolute atomic E-state index is 11.7. The normalized spacial score (nSPS) is 12.1. The Bertz CT molecular complexity index is 578. The Balaban J connectivity index is 2.15. The molecule has 2 N–H and O–H groups in total. The first-order valence-corrected chi connectivity index (χ1v) is 6.66. The van der Waals surface area contributed by atoms with Gasteiger partial charge in [-0.25, -0.2) is 9.78 Å². The topological polar surface area (TPSA) is 70.1 Å². The highest BCUT2D eigenvalue weighted by Gasteiger charge is 2.19. The fraction of sp³-hybridized carbons (Fsp3) is 0.333. The van der Waals surface area contributed by atoms with Gasteiger partial charge in [0.05, 0.1) is 12.9 Å². The van der Waals surface area contributed by atoms with Crippen LogP contribution in [0.1, 0.15) is 35.9 Å². The first kappa shape index (κ1) is 14.1.